The third-order valence-corrected chi connectivity index (χ3v) is 7.70. The zero-order valence-electron chi connectivity index (χ0n) is 24.2. The van der Waals surface area contributed by atoms with Crippen LogP contribution >= 0.6 is 0 Å². The lowest BCUT2D eigenvalue weighted by atomic mass is 10.0. The van der Waals surface area contributed by atoms with E-state index in [1.54, 1.807) is 0 Å². The highest BCUT2D eigenvalue weighted by Gasteiger charge is 2.16. The molecular formula is C40H26N4O. The third kappa shape index (κ3) is 5.28. The van der Waals surface area contributed by atoms with Crippen molar-refractivity contribution >= 4 is 22.1 Å². The molecule has 0 N–H and O–H groups in total. The number of nitrogens with zero attached hydrogens (tertiary/aromatic N) is 4. The maximum absolute atomic E-state index is 6.38. The smallest absolute Gasteiger partial charge is 0.129 e. The van der Waals surface area contributed by atoms with Crippen LogP contribution in [-0.2, 0) is 0 Å². The van der Waals surface area contributed by atoms with E-state index in [1.807, 2.05) is 109 Å². The van der Waals surface area contributed by atoms with E-state index in [1.165, 1.54) is 0 Å². The summed E-state index contributed by atoms with van der Waals surface area (Å²) in [7, 11) is 0. The number of rotatable bonds is 6. The first-order valence-electron chi connectivity index (χ1n) is 14.8. The van der Waals surface area contributed by atoms with Crippen molar-refractivity contribution < 1.29 is 4.74 Å². The molecule has 0 amide bonds. The first kappa shape index (κ1) is 26.4. The van der Waals surface area contributed by atoms with Crippen LogP contribution in [0, 0.1) is 0 Å². The Morgan fingerprint density at radius 1 is 0.289 bits per heavy atom. The Labute approximate surface area is 260 Å². The minimum absolute atomic E-state index is 0.666. The van der Waals surface area contributed by atoms with Crippen molar-refractivity contribution in [1.82, 2.24) is 19.9 Å². The Morgan fingerprint density at radius 3 is 0.889 bits per heavy atom. The molecule has 2 heterocycles. The maximum Gasteiger partial charge on any atom is 0.129 e. The molecule has 0 aliphatic heterocycles. The van der Waals surface area contributed by atoms with Gasteiger partial charge in [0.15, 0.2) is 0 Å². The molecule has 8 rings (SSSR count). The van der Waals surface area contributed by atoms with Gasteiger partial charge < -0.3 is 4.74 Å². The third-order valence-electron chi connectivity index (χ3n) is 7.70. The molecular weight excluding hydrogens is 552 g/mol. The van der Waals surface area contributed by atoms with E-state index in [-0.39, 0.29) is 0 Å². The van der Waals surface area contributed by atoms with E-state index in [9.17, 15) is 0 Å². The van der Waals surface area contributed by atoms with Gasteiger partial charge in [-0.05, 0) is 24.3 Å². The molecule has 0 unspecified atom stereocenters. The lowest BCUT2D eigenvalue weighted by Crippen LogP contribution is -1.97. The van der Waals surface area contributed by atoms with Gasteiger partial charge in [-0.15, -0.1) is 0 Å². The molecule has 2 aromatic heterocycles. The van der Waals surface area contributed by atoms with Crippen molar-refractivity contribution in [2.24, 2.45) is 0 Å². The Bertz CT molecular complexity index is 2110. The summed E-state index contributed by atoms with van der Waals surface area (Å²) >= 11 is 0. The molecule has 5 nitrogen and oxygen atoms in total. The second-order valence-corrected chi connectivity index (χ2v) is 10.7. The minimum Gasteiger partial charge on any atom is -0.457 e. The minimum atomic E-state index is 0.666. The standard InChI is InChI=1S/C40H26N4O/c1-5-13-27(14-6-1)37-39(29-17-9-3-10-18-29)43-35-25-31(21-23-33(35)41-37)45-32-22-24-34-36(26-32)44-40(30-19-11-4-12-20-30)38(42-34)28-15-7-2-8-16-28/h1-26H. The summed E-state index contributed by atoms with van der Waals surface area (Å²) in [6, 6.07) is 52.3. The van der Waals surface area contributed by atoms with E-state index in [0.29, 0.717) is 11.5 Å². The summed E-state index contributed by atoms with van der Waals surface area (Å²) in [5.74, 6) is 1.33. The quantitative estimate of drug-likeness (QED) is 0.196. The van der Waals surface area contributed by atoms with Crippen molar-refractivity contribution in [1.29, 1.82) is 0 Å². The van der Waals surface area contributed by atoms with Gasteiger partial charge in [-0.2, -0.15) is 0 Å². The topological polar surface area (TPSA) is 60.8 Å². The molecule has 0 fully saturated rings. The molecule has 0 radical (unpaired) electrons. The summed E-state index contributed by atoms with van der Waals surface area (Å²) in [6.07, 6.45) is 0. The van der Waals surface area contributed by atoms with Crippen LogP contribution in [0.15, 0.2) is 158 Å². The second kappa shape index (κ2) is 11.5. The molecule has 0 atom stereocenters. The fourth-order valence-electron chi connectivity index (χ4n) is 5.52. The van der Waals surface area contributed by atoms with Gasteiger partial charge in [0.05, 0.1) is 44.8 Å². The van der Waals surface area contributed by atoms with Gasteiger partial charge in [0, 0.05) is 34.4 Å². The van der Waals surface area contributed by atoms with Crippen LogP contribution in [0.5, 0.6) is 11.5 Å². The maximum atomic E-state index is 6.38. The Balaban J connectivity index is 1.19. The van der Waals surface area contributed by atoms with Gasteiger partial charge >= 0.3 is 0 Å². The van der Waals surface area contributed by atoms with Gasteiger partial charge in [0.2, 0.25) is 0 Å². The van der Waals surface area contributed by atoms with Crippen LogP contribution < -0.4 is 4.74 Å². The number of ether oxygens (including phenoxy) is 1. The number of benzene rings is 6. The molecule has 0 saturated heterocycles. The highest BCUT2D eigenvalue weighted by atomic mass is 16.5. The zero-order valence-corrected chi connectivity index (χ0v) is 24.2. The van der Waals surface area contributed by atoms with Crippen LogP contribution in [0.1, 0.15) is 0 Å². The number of fused-ring (bicyclic) bond motifs is 2. The average molecular weight is 579 g/mol. The summed E-state index contributed by atoms with van der Waals surface area (Å²) in [4.78, 5) is 20.3. The Morgan fingerprint density at radius 2 is 0.578 bits per heavy atom. The van der Waals surface area contributed by atoms with E-state index in [4.69, 9.17) is 24.7 Å². The van der Waals surface area contributed by atoms with Crippen LogP contribution in [0.4, 0.5) is 0 Å². The number of aromatic nitrogens is 4. The molecule has 0 saturated carbocycles. The largest absolute Gasteiger partial charge is 0.457 e. The summed E-state index contributed by atoms with van der Waals surface area (Å²) < 4.78 is 6.38. The number of hydrogen-bond acceptors (Lipinski definition) is 5. The molecule has 8 aromatic rings. The predicted molar refractivity (Wildman–Crippen MR) is 181 cm³/mol. The molecule has 5 heteroatoms. The monoisotopic (exact) mass is 578 g/mol. The van der Waals surface area contributed by atoms with Crippen LogP contribution in [0.3, 0.4) is 0 Å². The van der Waals surface area contributed by atoms with Gasteiger partial charge in [-0.1, -0.05) is 121 Å². The first-order valence-corrected chi connectivity index (χ1v) is 14.8. The fourth-order valence-corrected chi connectivity index (χ4v) is 5.52. The molecule has 0 bridgehead atoms. The van der Waals surface area contributed by atoms with E-state index in [2.05, 4.69) is 48.5 Å². The summed E-state index contributed by atoms with van der Waals surface area (Å²) in [5, 5.41) is 0. The molecule has 0 aliphatic carbocycles. The lowest BCUT2D eigenvalue weighted by Gasteiger charge is -2.13. The highest BCUT2D eigenvalue weighted by molar-refractivity contribution is 5.88. The Kier molecular flexibility index (Phi) is 6.74. The van der Waals surface area contributed by atoms with Crippen molar-refractivity contribution in [3.8, 4) is 56.5 Å². The average Bonchev–Trinajstić information content (AvgIpc) is 3.12. The van der Waals surface area contributed by atoms with Gasteiger partial charge in [-0.3, -0.25) is 0 Å². The molecule has 45 heavy (non-hydrogen) atoms. The SMILES string of the molecule is c1ccc(-c2nc3ccc(Oc4ccc5nc(-c6ccccc6)c(-c6ccccc6)nc5c4)cc3nc2-c2ccccc2)cc1. The number of hydrogen-bond donors (Lipinski definition) is 0. The van der Waals surface area contributed by atoms with Crippen LogP contribution in [-0.4, -0.2) is 19.9 Å². The van der Waals surface area contributed by atoms with Crippen LogP contribution in [0.25, 0.3) is 67.1 Å². The van der Waals surface area contributed by atoms with Crippen LogP contribution in [0.2, 0.25) is 0 Å². The van der Waals surface area contributed by atoms with Crippen molar-refractivity contribution in [2.45, 2.75) is 0 Å². The molecule has 0 aliphatic rings. The van der Waals surface area contributed by atoms with E-state index >= 15 is 0 Å². The van der Waals surface area contributed by atoms with Gasteiger partial charge in [-0.25, -0.2) is 19.9 Å². The van der Waals surface area contributed by atoms with Crippen molar-refractivity contribution in [3.05, 3.63) is 158 Å². The van der Waals surface area contributed by atoms with Gasteiger partial charge in [0.25, 0.3) is 0 Å². The van der Waals surface area contributed by atoms with Crippen molar-refractivity contribution in [3.63, 3.8) is 0 Å². The van der Waals surface area contributed by atoms with E-state index in [0.717, 1.165) is 67.1 Å². The molecule has 6 aromatic carbocycles. The highest BCUT2D eigenvalue weighted by Crippen LogP contribution is 2.35. The Hall–Kier alpha value is -6.20. The second-order valence-electron chi connectivity index (χ2n) is 10.7. The van der Waals surface area contributed by atoms with E-state index < -0.39 is 0 Å². The lowest BCUT2D eigenvalue weighted by molar-refractivity contribution is 0.484. The summed E-state index contributed by atoms with van der Waals surface area (Å²) in [5.41, 5.74) is 10.5. The first-order chi connectivity index (χ1) is 22.3. The van der Waals surface area contributed by atoms with Gasteiger partial charge in [0.1, 0.15) is 11.5 Å². The normalized spacial score (nSPS) is 11.1. The molecule has 212 valence electrons. The molecule has 0 spiro atoms. The zero-order chi connectivity index (χ0) is 30.0. The predicted octanol–water partition coefficient (Wildman–Crippen LogP) is 10.0. The summed E-state index contributed by atoms with van der Waals surface area (Å²) in [6.45, 7) is 0. The fraction of sp³-hybridized carbons (Fsp3) is 0. The van der Waals surface area contributed by atoms with Crippen molar-refractivity contribution in [2.75, 3.05) is 0 Å².